The summed E-state index contributed by atoms with van der Waals surface area (Å²) < 4.78 is 43.9. The average Bonchev–Trinajstić information content (AvgIpc) is 3.30. The van der Waals surface area contributed by atoms with Gasteiger partial charge < -0.3 is 43.8 Å². The van der Waals surface area contributed by atoms with Crippen molar-refractivity contribution >= 4 is 18.0 Å². The zero-order valence-corrected chi connectivity index (χ0v) is 37.7. The van der Waals surface area contributed by atoms with E-state index in [0.29, 0.717) is 71.5 Å². The summed E-state index contributed by atoms with van der Waals surface area (Å²) in [4.78, 5) is 37.3. The van der Waals surface area contributed by atoms with Crippen LogP contribution in [0.1, 0.15) is 81.5 Å². The molecule has 1 saturated heterocycles. The first kappa shape index (κ1) is 49.6. The molecular weight excluding hydrogens is 813 g/mol. The fourth-order valence-electron chi connectivity index (χ4n) is 7.27. The maximum atomic E-state index is 12.8. The highest BCUT2D eigenvalue weighted by molar-refractivity contribution is 5.81. The molecule has 0 aromatic heterocycles. The van der Waals surface area contributed by atoms with Crippen molar-refractivity contribution in [2.24, 2.45) is 0 Å². The lowest BCUT2D eigenvalue weighted by molar-refractivity contribution is -0.271. The van der Waals surface area contributed by atoms with Crippen LogP contribution in [0.4, 0.5) is 4.79 Å². The van der Waals surface area contributed by atoms with E-state index in [0.717, 1.165) is 22.3 Å². The zero-order chi connectivity index (χ0) is 45.4. The van der Waals surface area contributed by atoms with Crippen LogP contribution in [0.5, 0.6) is 0 Å². The van der Waals surface area contributed by atoms with Crippen LogP contribution < -0.4 is 10.6 Å². The Hall–Kier alpha value is -5.37. The number of carbonyl (C=O) groups is 3. The van der Waals surface area contributed by atoms with Crippen LogP contribution in [0.2, 0.25) is 0 Å². The highest BCUT2D eigenvalue weighted by Crippen LogP contribution is 2.33. The largest absolute Gasteiger partial charge is 0.467 e. The number of hydrogen-bond donors (Lipinski definition) is 2. The molecular formula is C52H66N2O10. The Morgan fingerprint density at radius 3 is 1.67 bits per heavy atom. The summed E-state index contributed by atoms with van der Waals surface area (Å²) in [5, 5.41) is 5.54. The van der Waals surface area contributed by atoms with Crippen molar-refractivity contribution < 1.29 is 47.5 Å². The summed E-state index contributed by atoms with van der Waals surface area (Å²) >= 11 is 0. The number of amides is 2. The molecule has 0 unspecified atom stereocenters. The lowest BCUT2D eigenvalue weighted by Crippen LogP contribution is -2.61. The Labute approximate surface area is 379 Å². The molecule has 12 nitrogen and oxygen atoms in total. The Bertz CT molecular complexity index is 1960. The first-order valence-corrected chi connectivity index (χ1v) is 22.3. The van der Waals surface area contributed by atoms with Crippen molar-refractivity contribution in [2.45, 2.75) is 128 Å². The normalized spacial score (nSPS) is 19.2. The van der Waals surface area contributed by atoms with Gasteiger partial charge in [0, 0.05) is 13.0 Å². The van der Waals surface area contributed by atoms with E-state index in [2.05, 4.69) is 10.6 Å². The minimum absolute atomic E-state index is 0.0811. The molecule has 12 heteroatoms. The van der Waals surface area contributed by atoms with Crippen LogP contribution in [-0.2, 0) is 69.2 Å². The number of rotatable bonds is 25. The van der Waals surface area contributed by atoms with E-state index in [1.54, 1.807) is 20.8 Å². The van der Waals surface area contributed by atoms with E-state index < -0.39 is 54.2 Å². The number of alkyl carbamates (subject to hydrolysis) is 1. The molecule has 0 saturated carbocycles. The topological polar surface area (TPSA) is 140 Å². The molecule has 344 valence electrons. The summed E-state index contributed by atoms with van der Waals surface area (Å²) in [5.74, 6) is -0.629. The number of ether oxygens (including phenoxy) is 7. The molecule has 1 aliphatic rings. The van der Waals surface area contributed by atoms with Gasteiger partial charge in [-0.2, -0.15) is 0 Å². The SMILES string of the molecule is COC(=O)[C@H](CCCCNC(=O)CC/C=C/C[C@H]1O[C@H](COCc2ccccc2)[C@@H](OCc2ccccc2)[C@H](OCc2ccccc2)[C@H]1OCc1ccccc1)NC(=O)OC(C)(C)C. The Morgan fingerprint density at radius 1 is 0.656 bits per heavy atom. The van der Waals surface area contributed by atoms with Gasteiger partial charge in [-0.3, -0.25) is 4.79 Å². The first-order chi connectivity index (χ1) is 31.1. The van der Waals surface area contributed by atoms with Crippen molar-refractivity contribution in [3.8, 4) is 0 Å². The molecule has 0 spiro atoms. The molecule has 0 bridgehead atoms. The minimum atomic E-state index is -0.840. The van der Waals surface area contributed by atoms with E-state index in [-0.39, 0.29) is 12.5 Å². The number of unbranched alkanes of at least 4 members (excludes halogenated alkanes) is 1. The maximum Gasteiger partial charge on any atom is 0.408 e. The van der Waals surface area contributed by atoms with Crippen molar-refractivity contribution in [3.63, 3.8) is 0 Å². The molecule has 0 radical (unpaired) electrons. The van der Waals surface area contributed by atoms with Gasteiger partial charge in [0.05, 0.1) is 46.2 Å². The van der Waals surface area contributed by atoms with Gasteiger partial charge in [-0.05, 0) is 75.1 Å². The van der Waals surface area contributed by atoms with E-state index in [1.165, 1.54) is 7.11 Å². The molecule has 0 aliphatic carbocycles. The molecule has 64 heavy (non-hydrogen) atoms. The molecule has 4 aromatic carbocycles. The smallest absolute Gasteiger partial charge is 0.408 e. The summed E-state index contributed by atoms with van der Waals surface area (Å²) in [6, 6.07) is 39.4. The lowest BCUT2D eigenvalue weighted by atomic mass is 9.92. The number of nitrogens with one attached hydrogen (secondary N) is 2. The second-order valence-corrected chi connectivity index (χ2v) is 16.8. The van der Waals surface area contributed by atoms with Gasteiger partial charge in [0.2, 0.25) is 5.91 Å². The number of allylic oxidation sites excluding steroid dienone is 1. The van der Waals surface area contributed by atoms with E-state index in [1.807, 2.05) is 133 Å². The third-order valence-electron chi connectivity index (χ3n) is 10.5. The van der Waals surface area contributed by atoms with Crippen LogP contribution in [0.25, 0.3) is 0 Å². The number of hydrogen-bond acceptors (Lipinski definition) is 10. The average molecular weight is 879 g/mol. The molecule has 1 aliphatic heterocycles. The monoisotopic (exact) mass is 878 g/mol. The van der Waals surface area contributed by atoms with Crippen molar-refractivity contribution in [2.75, 3.05) is 20.3 Å². The maximum absolute atomic E-state index is 12.8. The van der Waals surface area contributed by atoms with Crippen molar-refractivity contribution in [3.05, 3.63) is 156 Å². The van der Waals surface area contributed by atoms with Gasteiger partial charge in [0.1, 0.15) is 36.1 Å². The number of benzene rings is 4. The fraction of sp³-hybridized carbons (Fsp3) is 0.442. The van der Waals surface area contributed by atoms with E-state index in [9.17, 15) is 14.4 Å². The second kappa shape index (κ2) is 27.1. The van der Waals surface area contributed by atoms with E-state index >= 15 is 0 Å². The van der Waals surface area contributed by atoms with Crippen LogP contribution >= 0.6 is 0 Å². The minimum Gasteiger partial charge on any atom is -0.467 e. The highest BCUT2D eigenvalue weighted by Gasteiger charge is 2.48. The molecule has 5 rings (SSSR count). The van der Waals surface area contributed by atoms with Crippen LogP contribution in [0.3, 0.4) is 0 Å². The Balaban J connectivity index is 1.24. The first-order valence-electron chi connectivity index (χ1n) is 22.3. The molecule has 6 atom stereocenters. The quantitative estimate of drug-likeness (QED) is 0.0377. The van der Waals surface area contributed by atoms with Gasteiger partial charge in [0.15, 0.2) is 0 Å². The van der Waals surface area contributed by atoms with Crippen LogP contribution in [0, 0.1) is 0 Å². The highest BCUT2D eigenvalue weighted by atomic mass is 16.6. The predicted molar refractivity (Wildman–Crippen MR) is 245 cm³/mol. The van der Waals surface area contributed by atoms with Gasteiger partial charge in [-0.25, -0.2) is 9.59 Å². The molecule has 1 fully saturated rings. The lowest BCUT2D eigenvalue weighted by Gasteiger charge is -2.46. The predicted octanol–water partition coefficient (Wildman–Crippen LogP) is 8.81. The Morgan fingerprint density at radius 2 is 1.16 bits per heavy atom. The van der Waals surface area contributed by atoms with Crippen molar-refractivity contribution in [1.82, 2.24) is 10.6 Å². The molecule has 2 N–H and O–H groups in total. The number of methoxy groups -OCH3 is 1. The number of carbonyl (C=O) groups excluding carboxylic acids is 3. The summed E-state index contributed by atoms with van der Waals surface area (Å²) in [5.41, 5.74) is 3.45. The Kier molecular flexibility index (Phi) is 21.0. The summed E-state index contributed by atoms with van der Waals surface area (Å²) in [7, 11) is 1.28. The summed E-state index contributed by atoms with van der Waals surface area (Å²) in [6.07, 6.45) is 3.77. The molecule has 1 heterocycles. The van der Waals surface area contributed by atoms with E-state index in [4.69, 9.17) is 33.2 Å². The van der Waals surface area contributed by atoms with Crippen LogP contribution in [-0.4, -0.2) is 80.4 Å². The van der Waals surface area contributed by atoms with Gasteiger partial charge in [-0.1, -0.05) is 133 Å². The third kappa shape index (κ3) is 18.0. The van der Waals surface area contributed by atoms with Gasteiger partial charge in [-0.15, -0.1) is 0 Å². The van der Waals surface area contributed by atoms with Gasteiger partial charge in [0.25, 0.3) is 0 Å². The van der Waals surface area contributed by atoms with Gasteiger partial charge >= 0.3 is 12.1 Å². The standard InChI is InChI=1S/C52H66N2O10/c1-52(2,3)64-51(57)54-43(50(56)58-4)30-20-21-33-53-46(55)32-19-9-18-31-44-47(60-35-40-24-12-6-13-25-40)49(62-37-42-28-16-8-17-29-42)48(61-36-41-26-14-7-15-27-41)45(63-44)38-59-34-39-22-10-5-11-23-39/h5-18,22-29,43-45,47-49H,19-21,30-38H2,1-4H3,(H,53,55)(H,54,57)/b18-9+/t43-,44+,45+,47-,48+,49+/m0/s1. The second-order valence-electron chi connectivity index (χ2n) is 16.8. The zero-order valence-electron chi connectivity index (χ0n) is 37.7. The number of esters is 1. The third-order valence-corrected chi connectivity index (χ3v) is 10.5. The fourth-order valence-corrected chi connectivity index (χ4v) is 7.27. The van der Waals surface area contributed by atoms with Crippen LogP contribution in [0.15, 0.2) is 133 Å². The van der Waals surface area contributed by atoms with Crippen molar-refractivity contribution in [1.29, 1.82) is 0 Å². The summed E-state index contributed by atoms with van der Waals surface area (Å²) in [6.45, 7) is 7.43. The molecule has 2 amide bonds. The molecule has 4 aromatic rings.